The maximum atomic E-state index is 3.55. The summed E-state index contributed by atoms with van der Waals surface area (Å²) in [6.45, 7) is 9.22. The van der Waals surface area contributed by atoms with Crippen LogP contribution in [0.5, 0.6) is 0 Å². The first-order valence-electron chi connectivity index (χ1n) is 7.50. The van der Waals surface area contributed by atoms with E-state index >= 15 is 0 Å². The molecule has 100 valence electrons. The molecule has 1 fully saturated rings. The predicted octanol–water partition coefficient (Wildman–Crippen LogP) is 3.92. The Hall–Kier alpha value is -0.820. The molecule has 0 radical (unpaired) electrons. The van der Waals surface area contributed by atoms with Gasteiger partial charge < -0.3 is 5.32 Å². The van der Waals surface area contributed by atoms with Crippen LogP contribution in [0.3, 0.4) is 0 Å². The number of aryl methyl sites for hydroxylation is 1. The molecule has 2 unspecified atom stereocenters. The van der Waals surface area contributed by atoms with Gasteiger partial charge in [0.15, 0.2) is 0 Å². The first kappa shape index (κ1) is 13.6. The topological polar surface area (TPSA) is 12.0 Å². The second-order valence-corrected chi connectivity index (χ2v) is 5.97. The summed E-state index contributed by atoms with van der Waals surface area (Å²) in [5, 5.41) is 3.55. The van der Waals surface area contributed by atoms with Crippen molar-refractivity contribution in [2.24, 2.45) is 5.92 Å². The van der Waals surface area contributed by atoms with Gasteiger partial charge in [-0.05, 0) is 54.8 Å². The number of nitrogens with one attached hydrogen (secondary N) is 1. The van der Waals surface area contributed by atoms with Crippen molar-refractivity contribution in [1.82, 2.24) is 5.32 Å². The molecule has 1 aliphatic carbocycles. The molecule has 1 N–H and O–H groups in total. The van der Waals surface area contributed by atoms with E-state index in [1.165, 1.54) is 43.4 Å². The Labute approximate surface area is 112 Å². The average Bonchev–Trinajstić information content (AvgIpc) is 3.03. The van der Waals surface area contributed by atoms with Gasteiger partial charge in [-0.3, -0.25) is 0 Å². The number of hydrogen-bond acceptors (Lipinski definition) is 1. The minimum absolute atomic E-state index is 0.436. The standard InChI is InChI=1S/C17H27N/c1-4-6-14-7-9-15(10-8-14)17(3)12-16(17)13-18-11-5-2/h7-10,16,18H,4-6,11-13H2,1-3H3. The summed E-state index contributed by atoms with van der Waals surface area (Å²) < 4.78 is 0. The lowest BCUT2D eigenvalue weighted by Crippen LogP contribution is -2.20. The lowest BCUT2D eigenvalue weighted by atomic mass is 9.94. The Morgan fingerprint density at radius 3 is 2.50 bits per heavy atom. The third-order valence-electron chi connectivity index (χ3n) is 4.38. The van der Waals surface area contributed by atoms with Gasteiger partial charge in [-0.15, -0.1) is 0 Å². The van der Waals surface area contributed by atoms with E-state index in [0.717, 1.165) is 12.5 Å². The van der Waals surface area contributed by atoms with Crippen molar-refractivity contribution in [3.63, 3.8) is 0 Å². The van der Waals surface area contributed by atoms with Crippen LogP contribution in [0.25, 0.3) is 0 Å². The van der Waals surface area contributed by atoms with Gasteiger partial charge in [0.25, 0.3) is 0 Å². The summed E-state index contributed by atoms with van der Waals surface area (Å²) in [5.41, 5.74) is 3.45. The van der Waals surface area contributed by atoms with Gasteiger partial charge in [-0.25, -0.2) is 0 Å². The molecule has 1 saturated carbocycles. The van der Waals surface area contributed by atoms with Crippen LogP contribution in [0.4, 0.5) is 0 Å². The summed E-state index contributed by atoms with van der Waals surface area (Å²) in [4.78, 5) is 0. The van der Waals surface area contributed by atoms with E-state index in [9.17, 15) is 0 Å². The molecule has 1 aliphatic rings. The number of benzene rings is 1. The van der Waals surface area contributed by atoms with Gasteiger partial charge >= 0.3 is 0 Å². The van der Waals surface area contributed by atoms with Gasteiger partial charge in [-0.1, -0.05) is 51.5 Å². The van der Waals surface area contributed by atoms with E-state index in [2.05, 4.69) is 50.4 Å². The highest BCUT2D eigenvalue weighted by atomic mass is 14.9. The van der Waals surface area contributed by atoms with E-state index < -0.39 is 0 Å². The second kappa shape index (κ2) is 5.88. The Bertz CT molecular complexity index is 368. The summed E-state index contributed by atoms with van der Waals surface area (Å²) in [6.07, 6.45) is 5.02. The lowest BCUT2D eigenvalue weighted by molar-refractivity contribution is 0.575. The molecule has 0 amide bonds. The normalized spacial score (nSPS) is 26.3. The van der Waals surface area contributed by atoms with E-state index in [-0.39, 0.29) is 0 Å². The predicted molar refractivity (Wildman–Crippen MR) is 79.1 cm³/mol. The first-order valence-corrected chi connectivity index (χ1v) is 7.50. The van der Waals surface area contributed by atoms with Crippen LogP contribution in [0.15, 0.2) is 24.3 Å². The summed E-state index contributed by atoms with van der Waals surface area (Å²) in [6, 6.07) is 9.34. The molecule has 2 rings (SSSR count). The molecular weight excluding hydrogens is 218 g/mol. The largest absolute Gasteiger partial charge is 0.316 e. The molecule has 1 aromatic rings. The molecule has 1 aromatic carbocycles. The van der Waals surface area contributed by atoms with E-state index in [1.807, 2.05) is 0 Å². The maximum absolute atomic E-state index is 3.55. The number of rotatable bonds is 7. The number of hydrogen-bond donors (Lipinski definition) is 1. The SMILES string of the molecule is CCCNCC1CC1(C)c1ccc(CCC)cc1. The molecule has 0 saturated heterocycles. The van der Waals surface area contributed by atoms with Crippen LogP contribution in [0.2, 0.25) is 0 Å². The van der Waals surface area contributed by atoms with Crippen molar-refractivity contribution >= 4 is 0 Å². The maximum Gasteiger partial charge on any atom is -0.00118 e. The lowest BCUT2D eigenvalue weighted by Gasteiger charge is -2.13. The third kappa shape index (κ3) is 2.95. The summed E-state index contributed by atoms with van der Waals surface area (Å²) in [5.74, 6) is 0.834. The molecule has 0 aromatic heterocycles. The van der Waals surface area contributed by atoms with Crippen molar-refractivity contribution in [2.45, 2.75) is 51.9 Å². The van der Waals surface area contributed by atoms with Crippen LogP contribution in [-0.2, 0) is 11.8 Å². The smallest absolute Gasteiger partial charge is 0.00118 e. The zero-order valence-electron chi connectivity index (χ0n) is 12.1. The molecule has 0 aliphatic heterocycles. The Morgan fingerprint density at radius 2 is 1.89 bits per heavy atom. The zero-order chi connectivity index (χ0) is 13.0. The summed E-state index contributed by atoms with van der Waals surface area (Å²) >= 11 is 0. The van der Waals surface area contributed by atoms with Crippen LogP contribution >= 0.6 is 0 Å². The van der Waals surface area contributed by atoms with E-state index in [4.69, 9.17) is 0 Å². The van der Waals surface area contributed by atoms with Crippen molar-refractivity contribution in [2.75, 3.05) is 13.1 Å². The van der Waals surface area contributed by atoms with Crippen molar-refractivity contribution in [1.29, 1.82) is 0 Å². The van der Waals surface area contributed by atoms with E-state index in [0.29, 0.717) is 5.41 Å². The molecule has 2 atom stereocenters. The van der Waals surface area contributed by atoms with Crippen LogP contribution in [-0.4, -0.2) is 13.1 Å². The van der Waals surface area contributed by atoms with Crippen LogP contribution < -0.4 is 5.32 Å². The fourth-order valence-corrected chi connectivity index (χ4v) is 2.90. The zero-order valence-corrected chi connectivity index (χ0v) is 12.1. The van der Waals surface area contributed by atoms with Crippen molar-refractivity contribution in [3.8, 4) is 0 Å². The highest BCUT2D eigenvalue weighted by molar-refractivity contribution is 5.35. The fourth-order valence-electron chi connectivity index (χ4n) is 2.90. The molecule has 0 spiro atoms. The molecule has 1 nitrogen and oxygen atoms in total. The van der Waals surface area contributed by atoms with E-state index in [1.54, 1.807) is 0 Å². The monoisotopic (exact) mass is 245 g/mol. The average molecular weight is 245 g/mol. The molecule has 0 bridgehead atoms. The minimum atomic E-state index is 0.436. The molecule has 18 heavy (non-hydrogen) atoms. The quantitative estimate of drug-likeness (QED) is 0.718. The van der Waals surface area contributed by atoms with Gasteiger partial charge in [0, 0.05) is 0 Å². The van der Waals surface area contributed by atoms with Crippen LogP contribution in [0.1, 0.15) is 51.2 Å². The van der Waals surface area contributed by atoms with Gasteiger partial charge in [0.05, 0.1) is 0 Å². The summed E-state index contributed by atoms with van der Waals surface area (Å²) in [7, 11) is 0. The van der Waals surface area contributed by atoms with Gasteiger partial charge in [0.1, 0.15) is 0 Å². The Kier molecular flexibility index (Phi) is 4.45. The van der Waals surface area contributed by atoms with Crippen molar-refractivity contribution in [3.05, 3.63) is 35.4 Å². The molecule has 1 heteroatoms. The van der Waals surface area contributed by atoms with Gasteiger partial charge in [-0.2, -0.15) is 0 Å². The third-order valence-corrected chi connectivity index (χ3v) is 4.38. The Morgan fingerprint density at radius 1 is 1.17 bits per heavy atom. The highest BCUT2D eigenvalue weighted by Crippen LogP contribution is 2.53. The first-order chi connectivity index (χ1) is 8.70. The van der Waals surface area contributed by atoms with Crippen LogP contribution in [0, 0.1) is 5.92 Å². The molecular formula is C17H27N. The fraction of sp³-hybridized carbons (Fsp3) is 0.647. The second-order valence-electron chi connectivity index (χ2n) is 5.97. The van der Waals surface area contributed by atoms with Gasteiger partial charge in [0.2, 0.25) is 0 Å². The highest BCUT2D eigenvalue weighted by Gasteiger charge is 2.50. The Balaban J connectivity index is 1.91. The molecule has 0 heterocycles. The minimum Gasteiger partial charge on any atom is -0.316 e. The van der Waals surface area contributed by atoms with Crippen molar-refractivity contribution < 1.29 is 0 Å².